The summed E-state index contributed by atoms with van der Waals surface area (Å²) in [5, 5.41) is 10.0. The van der Waals surface area contributed by atoms with Gasteiger partial charge in [-0.25, -0.2) is 4.98 Å². The maximum Gasteiger partial charge on any atom is 0.248 e. The predicted octanol–water partition coefficient (Wildman–Crippen LogP) is 5.39. The number of hydrogen-bond acceptors (Lipinski definition) is 7. The molecule has 8 nitrogen and oxygen atoms in total. The van der Waals surface area contributed by atoms with E-state index in [0.29, 0.717) is 39.0 Å². The van der Waals surface area contributed by atoms with Crippen LogP contribution in [0, 0.1) is 0 Å². The molecule has 2 aromatic carbocycles. The molecule has 0 atom stereocenters. The molecule has 0 unspecified atom stereocenters. The minimum Gasteiger partial charge on any atom is -0.495 e. The van der Waals surface area contributed by atoms with E-state index < -0.39 is 7.14 Å². The van der Waals surface area contributed by atoms with E-state index in [1.807, 2.05) is 24.3 Å². The van der Waals surface area contributed by atoms with Crippen molar-refractivity contribution in [2.24, 2.45) is 0 Å². The molecule has 0 aliphatic carbocycles. The maximum atomic E-state index is 12.7. The van der Waals surface area contributed by atoms with Crippen molar-refractivity contribution in [3.8, 4) is 5.75 Å². The third kappa shape index (κ3) is 6.34. The molecule has 172 valence electrons. The van der Waals surface area contributed by atoms with Gasteiger partial charge in [-0.3, -0.25) is 4.79 Å². The lowest BCUT2D eigenvalue weighted by atomic mass is 10.2. The third-order valence-electron chi connectivity index (χ3n) is 4.51. The number of rotatable bonds is 8. The van der Waals surface area contributed by atoms with Gasteiger partial charge in [-0.05, 0) is 56.7 Å². The molecule has 1 amide bonds. The van der Waals surface area contributed by atoms with Crippen LogP contribution < -0.4 is 26.0 Å². The second-order valence-corrected chi connectivity index (χ2v) is 11.0. The molecule has 1 aromatic heterocycles. The average Bonchev–Trinajstić information content (AvgIpc) is 2.76. The fourth-order valence-corrected chi connectivity index (χ4v) is 4.32. The lowest BCUT2D eigenvalue weighted by Gasteiger charge is -2.16. The van der Waals surface area contributed by atoms with Crippen molar-refractivity contribution in [3.05, 3.63) is 65.8 Å². The predicted molar refractivity (Wildman–Crippen MR) is 136 cm³/mol. The fourth-order valence-electron chi connectivity index (χ4n) is 3.03. The van der Waals surface area contributed by atoms with Crippen LogP contribution in [0.3, 0.4) is 0 Å². The highest BCUT2D eigenvalue weighted by Gasteiger charge is 2.17. The number of carbonyl (C=O) groups excluding carboxylic acids is 1. The Morgan fingerprint density at radius 2 is 1.88 bits per heavy atom. The van der Waals surface area contributed by atoms with Gasteiger partial charge in [0.25, 0.3) is 0 Å². The standard InChI is InChI=1S/C23H25ClN5O3P/c1-5-8-21(30)26-15-11-12-19(32-2)18(13-15)28-23-25-14-16(24)22(29-23)27-17-9-6-7-10-20(17)33(3,4)31/h5-14H,1-4H3,(H,26,30)(H2,25,27,28,29)/b8-5+. The van der Waals surface area contributed by atoms with Crippen molar-refractivity contribution < 1.29 is 14.1 Å². The Bertz CT molecular complexity index is 1240. The number of carbonyl (C=O) groups is 1. The van der Waals surface area contributed by atoms with Crippen LogP contribution in [0.1, 0.15) is 6.92 Å². The number of para-hydroxylation sites is 1. The maximum absolute atomic E-state index is 12.7. The summed E-state index contributed by atoms with van der Waals surface area (Å²) in [4.78, 5) is 20.6. The van der Waals surface area contributed by atoms with Crippen LogP contribution >= 0.6 is 18.7 Å². The number of anilines is 5. The lowest BCUT2D eigenvalue weighted by Crippen LogP contribution is -2.11. The zero-order valence-electron chi connectivity index (χ0n) is 18.7. The van der Waals surface area contributed by atoms with Gasteiger partial charge in [-0.2, -0.15) is 4.98 Å². The number of methoxy groups -OCH3 is 1. The molecule has 33 heavy (non-hydrogen) atoms. The summed E-state index contributed by atoms with van der Waals surface area (Å²) in [6, 6.07) is 12.5. The van der Waals surface area contributed by atoms with Crippen LogP contribution in [0.4, 0.5) is 28.8 Å². The van der Waals surface area contributed by atoms with Crippen molar-refractivity contribution >= 4 is 58.8 Å². The van der Waals surface area contributed by atoms with E-state index in [9.17, 15) is 9.36 Å². The SMILES string of the molecule is C/C=C/C(=O)Nc1ccc(OC)c(Nc2ncc(Cl)c(Nc3ccccc3P(C)(C)=O)n2)c1. The molecule has 1 heterocycles. The van der Waals surface area contributed by atoms with Gasteiger partial charge < -0.3 is 25.3 Å². The zero-order chi connectivity index (χ0) is 24.0. The highest BCUT2D eigenvalue weighted by molar-refractivity contribution is 7.70. The number of hydrogen-bond donors (Lipinski definition) is 3. The molecular formula is C23H25ClN5O3P. The Morgan fingerprint density at radius 3 is 2.58 bits per heavy atom. The summed E-state index contributed by atoms with van der Waals surface area (Å²) >= 11 is 6.32. The molecule has 10 heteroatoms. The summed E-state index contributed by atoms with van der Waals surface area (Å²) in [5.41, 5.74) is 1.78. The van der Waals surface area contributed by atoms with Gasteiger partial charge >= 0.3 is 0 Å². The van der Waals surface area contributed by atoms with Gasteiger partial charge in [0.15, 0.2) is 5.82 Å². The van der Waals surface area contributed by atoms with Crippen LogP contribution in [0.25, 0.3) is 0 Å². The number of aromatic nitrogens is 2. The summed E-state index contributed by atoms with van der Waals surface area (Å²) in [6.07, 6.45) is 4.55. The molecular weight excluding hydrogens is 461 g/mol. The van der Waals surface area contributed by atoms with E-state index in [-0.39, 0.29) is 11.9 Å². The van der Waals surface area contributed by atoms with Crippen LogP contribution in [-0.4, -0.2) is 36.3 Å². The van der Waals surface area contributed by atoms with Crippen molar-refractivity contribution in [1.82, 2.24) is 9.97 Å². The fraction of sp³-hybridized carbons (Fsp3) is 0.174. The van der Waals surface area contributed by atoms with Crippen LogP contribution in [0.5, 0.6) is 5.75 Å². The van der Waals surface area contributed by atoms with Crippen LogP contribution in [-0.2, 0) is 9.36 Å². The number of ether oxygens (including phenoxy) is 1. The second kappa shape index (κ2) is 10.5. The first-order valence-corrected chi connectivity index (χ1v) is 13.0. The molecule has 3 N–H and O–H groups in total. The first kappa shape index (κ1) is 24.3. The van der Waals surface area contributed by atoms with Gasteiger partial charge in [0.2, 0.25) is 11.9 Å². The number of nitrogens with one attached hydrogen (secondary N) is 3. The molecule has 0 saturated heterocycles. The van der Waals surface area contributed by atoms with Crippen molar-refractivity contribution in [1.29, 1.82) is 0 Å². The first-order valence-electron chi connectivity index (χ1n) is 10.0. The molecule has 0 saturated carbocycles. The summed E-state index contributed by atoms with van der Waals surface area (Å²) in [5.74, 6) is 0.901. The minimum absolute atomic E-state index is 0.245. The van der Waals surface area contributed by atoms with E-state index in [4.69, 9.17) is 16.3 Å². The monoisotopic (exact) mass is 485 g/mol. The normalized spacial score (nSPS) is 11.3. The summed E-state index contributed by atoms with van der Waals surface area (Å²) in [6.45, 7) is 5.18. The smallest absolute Gasteiger partial charge is 0.248 e. The number of allylic oxidation sites excluding steroid dienone is 1. The van der Waals surface area contributed by atoms with E-state index >= 15 is 0 Å². The summed E-state index contributed by atoms with van der Waals surface area (Å²) in [7, 11) is -0.987. The minimum atomic E-state index is -2.53. The zero-order valence-corrected chi connectivity index (χ0v) is 20.4. The van der Waals surface area contributed by atoms with E-state index in [0.717, 1.165) is 0 Å². The van der Waals surface area contributed by atoms with Gasteiger partial charge in [-0.15, -0.1) is 0 Å². The van der Waals surface area contributed by atoms with E-state index in [2.05, 4.69) is 25.9 Å². The molecule has 0 fully saturated rings. The molecule has 0 spiro atoms. The second-order valence-electron chi connectivity index (χ2n) is 7.41. The number of benzene rings is 2. The Hall–Kier alpha value is -3.35. The van der Waals surface area contributed by atoms with Crippen LogP contribution in [0.15, 0.2) is 60.8 Å². The highest BCUT2D eigenvalue weighted by Crippen LogP contribution is 2.39. The molecule has 0 bridgehead atoms. The summed E-state index contributed by atoms with van der Waals surface area (Å²) < 4.78 is 18.1. The van der Waals surface area contributed by atoms with Crippen molar-refractivity contribution in [2.75, 3.05) is 36.4 Å². The molecule has 3 rings (SSSR count). The Kier molecular flexibility index (Phi) is 7.74. The molecule has 0 aliphatic rings. The lowest BCUT2D eigenvalue weighted by molar-refractivity contribution is -0.111. The number of amides is 1. The first-order chi connectivity index (χ1) is 15.7. The Balaban J connectivity index is 1.90. The van der Waals surface area contributed by atoms with E-state index in [1.165, 1.54) is 12.3 Å². The van der Waals surface area contributed by atoms with Gasteiger partial charge in [0.1, 0.15) is 17.9 Å². The van der Waals surface area contributed by atoms with E-state index in [1.54, 1.807) is 51.6 Å². The van der Waals surface area contributed by atoms with Crippen LogP contribution in [0.2, 0.25) is 5.02 Å². The van der Waals surface area contributed by atoms with Crippen molar-refractivity contribution in [3.63, 3.8) is 0 Å². The average molecular weight is 486 g/mol. The van der Waals surface area contributed by atoms with Crippen molar-refractivity contribution in [2.45, 2.75) is 6.92 Å². The quantitative estimate of drug-likeness (QED) is 0.290. The topological polar surface area (TPSA) is 105 Å². The Labute approximate surface area is 197 Å². The highest BCUT2D eigenvalue weighted by atomic mass is 35.5. The molecule has 0 radical (unpaired) electrons. The van der Waals surface area contributed by atoms with Gasteiger partial charge in [0, 0.05) is 11.0 Å². The molecule has 0 aliphatic heterocycles. The Morgan fingerprint density at radius 1 is 1.12 bits per heavy atom. The van der Waals surface area contributed by atoms with Gasteiger partial charge in [-0.1, -0.05) is 29.8 Å². The molecule has 3 aromatic rings. The largest absolute Gasteiger partial charge is 0.495 e. The van der Waals surface area contributed by atoms with Gasteiger partial charge in [0.05, 0.1) is 24.7 Å². The number of nitrogens with zero attached hydrogens (tertiary/aromatic N) is 2. The third-order valence-corrected chi connectivity index (χ3v) is 6.34. The number of halogens is 1.